The molecule has 4 aromatic carbocycles. The number of hydrogen-bond donors (Lipinski definition) is 3. The van der Waals surface area contributed by atoms with Crippen LogP contribution in [0.3, 0.4) is 0 Å². The highest BCUT2D eigenvalue weighted by molar-refractivity contribution is 8.00. The van der Waals surface area contributed by atoms with E-state index in [0.29, 0.717) is 22.0 Å². The molecule has 0 saturated carbocycles. The fourth-order valence-electron chi connectivity index (χ4n) is 4.41. The minimum Gasteiger partial charge on any atom is -0.496 e. The number of methoxy groups -OCH3 is 3. The Morgan fingerprint density at radius 3 is 1.86 bits per heavy atom. The van der Waals surface area contributed by atoms with Crippen molar-refractivity contribution in [2.75, 3.05) is 37.7 Å². The molecule has 17 heteroatoms. The summed E-state index contributed by atoms with van der Waals surface area (Å²) in [6, 6.07) is 16.9. The van der Waals surface area contributed by atoms with Gasteiger partial charge in [0.1, 0.15) is 22.7 Å². The summed E-state index contributed by atoms with van der Waals surface area (Å²) in [5.41, 5.74) is -3.83. The van der Waals surface area contributed by atoms with Gasteiger partial charge in [-0.3, -0.25) is 14.4 Å². The van der Waals surface area contributed by atoms with Crippen molar-refractivity contribution < 1.29 is 59.3 Å². The Kier molecular flexibility index (Phi) is 12.2. The van der Waals surface area contributed by atoms with E-state index in [9.17, 15) is 45.1 Å². The van der Waals surface area contributed by atoms with Gasteiger partial charge < -0.3 is 30.2 Å². The van der Waals surface area contributed by atoms with Crippen LogP contribution < -0.4 is 30.2 Å². The second-order valence-corrected chi connectivity index (χ2v) is 11.2. The quantitative estimate of drug-likeness (QED) is 0.0600. The van der Waals surface area contributed by atoms with Crippen molar-refractivity contribution in [1.29, 1.82) is 0 Å². The highest BCUT2D eigenvalue weighted by Crippen LogP contribution is 2.39. The van der Waals surface area contributed by atoms with Crippen molar-refractivity contribution in [2.45, 2.75) is 11.1 Å². The molecule has 4 rings (SSSR count). The summed E-state index contributed by atoms with van der Waals surface area (Å²) < 4.78 is 111. The molecule has 51 heavy (non-hydrogen) atoms. The molecule has 0 aliphatic heterocycles. The van der Waals surface area contributed by atoms with Gasteiger partial charge >= 0.3 is 6.18 Å². The number of rotatable bonds is 12. The third kappa shape index (κ3) is 9.10. The Labute approximate surface area is 289 Å². The zero-order chi connectivity index (χ0) is 37.5. The van der Waals surface area contributed by atoms with E-state index in [1.54, 1.807) is 35.6 Å². The van der Waals surface area contributed by atoms with Gasteiger partial charge in [0.25, 0.3) is 11.8 Å². The lowest BCUT2D eigenvalue weighted by Crippen LogP contribution is -2.30. The number of carbonyl (C=O) groups excluding carboxylic acids is 3. The van der Waals surface area contributed by atoms with Crippen molar-refractivity contribution in [3.63, 3.8) is 0 Å². The lowest BCUT2D eigenvalue weighted by molar-refractivity contribution is -0.143. The van der Waals surface area contributed by atoms with Gasteiger partial charge in [-0.15, -0.1) is 11.8 Å². The molecule has 0 heterocycles. The molecule has 0 radical (unpaired) electrons. The van der Waals surface area contributed by atoms with Crippen LogP contribution in [0.5, 0.6) is 17.2 Å². The average Bonchev–Trinajstić information content (AvgIpc) is 3.11. The van der Waals surface area contributed by atoms with Gasteiger partial charge in [0.05, 0.1) is 27.1 Å². The Bertz CT molecular complexity index is 1950. The molecule has 0 bridgehead atoms. The molecule has 3 amide bonds. The number of ether oxygens (including phenoxy) is 3. The monoisotopic (exact) mass is 737 g/mol. The maximum absolute atomic E-state index is 14.2. The van der Waals surface area contributed by atoms with Crippen LogP contribution in [0.1, 0.15) is 21.5 Å². The van der Waals surface area contributed by atoms with Crippen LogP contribution in [0, 0.1) is 23.3 Å². The maximum Gasteiger partial charge on any atom is 0.422 e. The van der Waals surface area contributed by atoms with E-state index in [-0.39, 0.29) is 22.7 Å². The van der Waals surface area contributed by atoms with Crippen LogP contribution in [0.4, 0.5) is 42.1 Å². The van der Waals surface area contributed by atoms with Gasteiger partial charge in [0.15, 0.2) is 34.8 Å². The predicted molar refractivity (Wildman–Crippen MR) is 174 cm³/mol. The molecular formula is C34H26F7N3O6S. The average molecular weight is 738 g/mol. The zero-order valence-electron chi connectivity index (χ0n) is 26.6. The summed E-state index contributed by atoms with van der Waals surface area (Å²) in [5.74, 6) is -12.4. The molecular weight excluding hydrogens is 711 g/mol. The molecule has 3 N–H and O–H groups in total. The number of alkyl halides is 3. The third-order valence-corrected chi connectivity index (χ3v) is 7.87. The zero-order valence-corrected chi connectivity index (χ0v) is 27.5. The van der Waals surface area contributed by atoms with E-state index < -0.39 is 64.2 Å². The van der Waals surface area contributed by atoms with Gasteiger partial charge in [-0.05, 0) is 48.5 Å². The first kappa shape index (κ1) is 38.1. The van der Waals surface area contributed by atoms with Crippen LogP contribution in [0.25, 0.3) is 6.08 Å². The van der Waals surface area contributed by atoms with Gasteiger partial charge in [0.2, 0.25) is 5.91 Å². The summed E-state index contributed by atoms with van der Waals surface area (Å²) in [5, 5.41) is 6.76. The molecule has 9 nitrogen and oxygen atoms in total. The topological polar surface area (TPSA) is 115 Å². The number of halogens is 7. The number of carbonyl (C=O) groups is 3. The third-order valence-electron chi connectivity index (χ3n) is 6.86. The molecule has 0 fully saturated rings. The molecule has 0 aliphatic rings. The first-order valence-corrected chi connectivity index (χ1v) is 15.3. The number of hydrogen-bond acceptors (Lipinski definition) is 7. The van der Waals surface area contributed by atoms with Crippen molar-refractivity contribution in [3.05, 3.63) is 112 Å². The standard InChI is InChI=1S/C34H26F7N3O6S/c1-48-22-15-24(50-3)23(49-2)14-18(22)13-21(43-32(46)17-7-5-4-6-8-17)33(47)42-19-9-11-20(12-10-19)51-16-25(45)44-31-29(37)27(35)26(34(39,40)41)28(36)30(31)38/h4-15H,16H2,1-3H3,(H,42,47)(H,43,46)(H,44,45)/b21-13-. The van der Waals surface area contributed by atoms with Crippen LogP contribution in [-0.2, 0) is 15.8 Å². The molecule has 0 atom stereocenters. The van der Waals surface area contributed by atoms with Gasteiger partial charge in [0, 0.05) is 27.8 Å². The van der Waals surface area contributed by atoms with Crippen LogP contribution >= 0.6 is 11.8 Å². The Morgan fingerprint density at radius 2 is 1.31 bits per heavy atom. The van der Waals surface area contributed by atoms with Crippen molar-refractivity contribution >= 4 is 46.9 Å². The molecule has 0 aliphatic carbocycles. The van der Waals surface area contributed by atoms with Crippen molar-refractivity contribution in [1.82, 2.24) is 5.32 Å². The van der Waals surface area contributed by atoms with Gasteiger partial charge in [-0.25, -0.2) is 17.6 Å². The van der Waals surface area contributed by atoms with E-state index in [1.807, 2.05) is 0 Å². The van der Waals surface area contributed by atoms with Crippen molar-refractivity contribution in [3.8, 4) is 17.2 Å². The predicted octanol–water partition coefficient (Wildman–Crippen LogP) is 7.43. The Balaban J connectivity index is 1.50. The molecule has 0 unspecified atom stereocenters. The number of thioether (sulfide) groups is 1. The smallest absolute Gasteiger partial charge is 0.422 e. The van der Waals surface area contributed by atoms with Gasteiger partial charge in [-0.2, -0.15) is 13.2 Å². The van der Waals surface area contributed by atoms with E-state index in [1.165, 1.54) is 63.8 Å². The molecule has 0 aromatic heterocycles. The van der Waals surface area contributed by atoms with E-state index in [0.717, 1.165) is 11.8 Å². The second-order valence-electron chi connectivity index (χ2n) is 10.1. The molecule has 4 aromatic rings. The van der Waals surface area contributed by atoms with E-state index in [4.69, 9.17) is 14.2 Å². The Hall–Kier alpha value is -5.71. The summed E-state index contributed by atoms with van der Waals surface area (Å²) in [6.45, 7) is 0. The molecule has 0 spiro atoms. The first-order chi connectivity index (χ1) is 24.2. The van der Waals surface area contributed by atoms with Crippen molar-refractivity contribution in [2.24, 2.45) is 0 Å². The lowest BCUT2D eigenvalue weighted by atomic mass is 10.1. The fraction of sp³-hybridized carbons (Fsp3) is 0.147. The lowest BCUT2D eigenvalue weighted by Gasteiger charge is -2.15. The number of nitrogens with one attached hydrogen (secondary N) is 3. The van der Waals surface area contributed by atoms with Crippen LogP contribution in [0.15, 0.2) is 77.3 Å². The summed E-state index contributed by atoms with van der Waals surface area (Å²) >= 11 is 0.786. The largest absolute Gasteiger partial charge is 0.496 e. The SMILES string of the molecule is COc1cc(OC)c(OC)cc1/C=C(\NC(=O)c1ccccc1)C(=O)Nc1ccc(SCC(=O)Nc2c(F)c(F)c(C(F)(F)F)c(F)c2F)cc1. The van der Waals surface area contributed by atoms with Crippen LogP contribution in [0.2, 0.25) is 0 Å². The normalized spacial score (nSPS) is 11.5. The highest BCUT2D eigenvalue weighted by Gasteiger charge is 2.42. The van der Waals surface area contributed by atoms with E-state index in [2.05, 4.69) is 10.6 Å². The summed E-state index contributed by atoms with van der Waals surface area (Å²) in [6.07, 6.45) is -4.37. The summed E-state index contributed by atoms with van der Waals surface area (Å²) in [4.78, 5) is 39.2. The maximum atomic E-state index is 14.2. The fourth-order valence-corrected chi connectivity index (χ4v) is 5.11. The van der Waals surface area contributed by atoms with E-state index >= 15 is 0 Å². The van der Waals surface area contributed by atoms with Gasteiger partial charge in [-0.1, -0.05) is 18.2 Å². The number of amides is 3. The van der Waals surface area contributed by atoms with Crippen LogP contribution in [-0.4, -0.2) is 44.8 Å². The summed E-state index contributed by atoms with van der Waals surface area (Å²) in [7, 11) is 4.24. The Morgan fingerprint density at radius 1 is 0.745 bits per heavy atom. The molecule has 0 saturated heterocycles. The second kappa shape index (κ2) is 16.3. The number of benzene rings is 4. The number of anilines is 2. The first-order valence-electron chi connectivity index (χ1n) is 14.3. The minimum atomic E-state index is -5.73. The molecule has 268 valence electrons. The minimum absolute atomic E-state index is 0.194. The highest BCUT2D eigenvalue weighted by atomic mass is 32.2.